The predicted octanol–water partition coefficient (Wildman–Crippen LogP) is 3.97. The van der Waals surface area contributed by atoms with Gasteiger partial charge in [0, 0.05) is 36.0 Å². The van der Waals surface area contributed by atoms with Gasteiger partial charge in [0.1, 0.15) is 11.3 Å². The molecular weight excluding hydrogens is 392 g/mol. The number of carbonyl (C=O) groups excluding carboxylic acids is 2. The number of fused-ring (bicyclic) bond motifs is 1. The number of ether oxygens (including phenoxy) is 2. The van der Waals surface area contributed by atoms with E-state index in [0.717, 1.165) is 16.9 Å². The van der Waals surface area contributed by atoms with Gasteiger partial charge in [-0.1, -0.05) is 43.6 Å². The van der Waals surface area contributed by atoms with Crippen molar-refractivity contribution < 1.29 is 19.1 Å². The summed E-state index contributed by atoms with van der Waals surface area (Å²) in [5.41, 5.74) is 8.81. The molecule has 2 aromatic carbocycles. The first-order chi connectivity index (χ1) is 13.7. The number of nitrogen functional groups attached to an aromatic ring is 1. The molecule has 0 spiro atoms. The van der Waals surface area contributed by atoms with Crippen LogP contribution in [0.5, 0.6) is 5.75 Å². The molecule has 0 aliphatic carbocycles. The number of hydrogen-bond donors (Lipinski definition) is 1. The number of anilines is 2. The molecule has 0 fully saturated rings. The van der Waals surface area contributed by atoms with Crippen molar-refractivity contribution in [2.75, 3.05) is 31.4 Å². The van der Waals surface area contributed by atoms with Gasteiger partial charge in [-0.3, -0.25) is 4.79 Å². The Kier molecular flexibility index (Phi) is 5.57. The Bertz CT molecular complexity index is 1010. The van der Waals surface area contributed by atoms with Crippen molar-refractivity contribution >= 4 is 34.7 Å². The maximum Gasteiger partial charge on any atom is 0.342 e. The van der Waals surface area contributed by atoms with E-state index >= 15 is 0 Å². The first-order valence-corrected chi connectivity index (χ1v) is 9.43. The van der Waals surface area contributed by atoms with Crippen LogP contribution >= 0.6 is 11.6 Å². The van der Waals surface area contributed by atoms with Gasteiger partial charge in [0.15, 0.2) is 12.4 Å². The Balaban J connectivity index is 1.76. The summed E-state index contributed by atoms with van der Waals surface area (Å²) in [5, 5.41) is 0.207. The van der Waals surface area contributed by atoms with E-state index in [1.165, 1.54) is 25.3 Å². The second-order valence-corrected chi connectivity index (χ2v) is 7.75. The summed E-state index contributed by atoms with van der Waals surface area (Å²) in [7, 11) is 3.32. The molecule has 0 radical (unpaired) electrons. The molecule has 0 bridgehead atoms. The lowest BCUT2D eigenvalue weighted by Crippen LogP contribution is -2.25. The number of methoxy groups -OCH3 is 1. The van der Waals surface area contributed by atoms with Crippen molar-refractivity contribution in [3.63, 3.8) is 0 Å². The van der Waals surface area contributed by atoms with E-state index in [9.17, 15) is 9.59 Å². The van der Waals surface area contributed by atoms with Gasteiger partial charge in [-0.05, 0) is 17.7 Å². The number of rotatable bonds is 5. The Morgan fingerprint density at radius 2 is 1.93 bits per heavy atom. The SMILES string of the molecule is COc1cc(N)c(Cl)cc1C(=O)OCC(=O)/C=C1/N(C)c2ccccc2C1(C)C. The van der Waals surface area contributed by atoms with Gasteiger partial charge in [-0.2, -0.15) is 0 Å². The summed E-state index contributed by atoms with van der Waals surface area (Å²) in [4.78, 5) is 26.9. The van der Waals surface area contributed by atoms with Gasteiger partial charge in [0.05, 0.1) is 17.8 Å². The molecule has 29 heavy (non-hydrogen) atoms. The maximum absolute atomic E-state index is 12.5. The molecule has 1 heterocycles. The lowest BCUT2D eigenvalue weighted by Gasteiger charge is -2.23. The average molecular weight is 415 g/mol. The summed E-state index contributed by atoms with van der Waals surface area (Å²) in [6.45, 7) is 3.72. The molecule has 6 nitrogen and oxygen atoms in total. The van der Waals surface area contributed by atoms with Crippen LogP contribution in [0.1, 0.15) is 29.8 Å². The molecule has 0 aromatic heterocycles. The number of hydrogen-bond acceptors (Lipinski definition) is 6. The Morgan fingerprint density at radius 3 is 2.59 bits per heavy atom. The molecule has 1 aliphatic rings. The third-order valence-corrected chi connectivity index (χ3v) is 5.45. The summed E-state index contributed by atoms with van der Waals surface area (Å²) >= 11 is 5.98. The number of esters is 1. The number of nitrogens with zero attached hydrogens (tertiary/aromatic N) is 1. The van der Waals surface area contributed by atoms with E-state index < -0.39 is 12.6 Å². The van der Waals surface area contributed by atoms with Crippen molar-refractivity contribution in [1.82, 2.24) is 0 Å². The van der Waals surface area contributed by atoms with Crippen LogP contribution in [0.2, 0.25) is 5.02 Å². The van der Waals surface area contributed by atoms with Gasteiger partial charge in [0.2, 0.25) is 0 Å². The topological polar surface area (TPSA) is 81.9 Å². The van der Waals surface area contributed by atoms with E-state index in [0.29, 0.717) is 0 Å². The minimum Gasteiger partial charge on any atom is -0.496 e. The van der Waals surface area contributed by atoms with Crippen LogP contribution in [0.25, 0.3) is 0 Å². The maximum atomic E-state index is 12.5. The molecule has 2 N–H and O–H groups in total. The highest BCUT2D eigenvalue weighted by atomic mass is 35.5. The number of para-hydroxylation sites is 1. The van der Waals surface area contributed by atoms with Gasteiger partial charge in [-0.25, -0.2) is 4.79 Å². The van der Waals surface area contributed by atoms with Crippen molar-refractivity contribution in [1.29, 1.82) is 0 Å². The van der Waals surface area contributed by atoms with E-state index in [4.69, 9.17) is 26.8 Å². The minimum absolute atomic E-state index is 0.109. The number of ketones is 1. The predicted molar refractivity (Wildman–Crippen MR) is 114 cm³/mol. The molecular formula is C22H23ClN2O4. The van der Waals surface area contributed by atoms with Crippen molar-refractivity contribution in [2.24, 2.45) is 0 Å². The third kappa shape index (κ3) is 3.80. The Labute approximate surface area is 174 Å². The zero-order valence-electron chi connectivity index (χ0n) is 16.8. The summed E-state index contributed by atoms with van der Waals surface area (Å²) in [5.74, 6) is -0.797. The molecule has 2 aromatic rings. The summed E-state index contributed by atoms with van der Waals surface area (Å²) in [6, 6.07) is 10.8. The fourth-order valence-corrected chi connectivity index (χ4v) is 3.73. The highest BCUT2D eigenvalue weighted by Gasteiger charge is 2.38. The number of allylic oxidation sites excluding steroid dienone is 1. The first kappa shape index (κ1) is 20.7. The molecule has 7 heteroatoms. The average Bonchev–Trinajstić information content (AvgIpc) is 2.89. The first-order valence-electron chi connectivity index (χ1n) is 9.05. The monoisotopic (exact) mass is 414 g/mol. The van der Waals surface area contributed by atoms with Gasteiger partial charge < -0.3 is 20.1 Å². The second kappa shape index (κ2) is 7.79. The van der Waals surface area contributed by atoms with Crippen LogP contribution in [0.4, 0.5) is 11.4 Å². The fraction of sp³-hybridized carbons (Fsp3) is 0.273. The number of carbonyl (C=O) groups is 2. The largest absolute Gasteiger partial charge is 0.496 e. The van der Waals surface area contributed by atoms with E-state index in [2.05, 4.69) is 13.8 Å². The molecule has 0 saturated heterocycles. The van der Waals surface area contributed by atoms with Crippen molar-refractivity contribution in [3.05, 3.63) is 64.3 Å². The van der Waals surface area contributed by atoms with Crippen LogP contribution in [0, 0.1) is 0 Å². The zero-order chi connectivity index (χ0) is 21.3. The summed E-state index contributed by atoms with van der Waals surface area (Å²) in [6.07, 6.45) is 1.53. The smallest absolute Gasteiger partial charge is 0.342 e. The molecule has 0 amide bonds. The molecule has 152 valence electrons. The number of halogens is 1. The highest BCUT2D eigenvalue weighted by molar-refractivity contribution is 6.33. The third-order valence-electron chi connectivity index (χ3n) is 5.12. The van der Waals surface area contributed by atoms with E-state index in [-0.39, 0.29) is 33.2 Å². The van der Waals surface area contributed by atoms with Gasteiger partial charge >= 0.3 is 5.97 Å². The molecule has 0 atom stereocenters. The number of likely N-dealkylation sites (N-methyl/N-ethyl adjacent to an activating group) is 1. The van der Waals surface area contributed by atoms with Crippen LogP contribution < -0.4 is 15.4 Å². The highest BCUT2D eigenvalue weighted by Crippen LogP contribution is 2.46. The quantitative estimate of drug-likeness (QED) is 0.453. The normalized spacial score (nSPS) is 15.9. The lowest BCUT2D eigenvalue weighted by molar-refractivity contribution is -0.117. The molecule has 3 rings (SSSR count). The standard InChI is InChI=1S/C22H23ClN2O4/c1-22(2)15-7-5-6-8-18(15)25(3)20(22)9-13(26)12-29-21(27)14-10-16(23)17(24)11-19(14)28-4/h5-11H,12,24H2,1-4H3/b20-9+. The molecule has 0 unspecified atom stereocenters. The Hall–Kier alpha value is -2.99. The van der Waals surface area contributed by atoms with Gasteiger partial charge in [0.25, 0.3) is 0 Å². The fourth-order valence-electron chi connectivity index (χ4n) is 3.56. The summed E-state index contributed by atoms with van der Waals surface area (Å²) < 4.78 is 10.3. The van der Waals surface area contributed by atoms with E-state index in [1.54, 1.807) is 0 Å². The van der Waals surface area contributed by atoms with E-state index in [1.807, 2.05) is 36.2 Å². The van der Waals surface area contributed by atoms with Crippen molar-refractivity contribution in [2.45, 2.75) is 19.3 Å². The minimum atomic E-state index is -0.710. The molecule has 1 aliphatic heterocycles. The van der Waals surface area contributed by atoms with Crippen LogP contribution in [0.3, 0.4) is 0 Å². The van der Waals surface area contributed by atoms with Crippen LogP contribution in [-0.2, 0) is 14.9 Å². The molecule has 0 saturated carbocycles. The number of benzene rings is 2. The van der Waals surface area contributed by atoms with Crippen molar-refractivity contribution in [3.8, 4) is 5.75 Å². The lowest BCUT2D eigenvalue weighted by atomic mass is 9.83. The Morgan fingerprint density at radius 1 is 1.24 bits per heavy atom. The van der Waals surface area contributed by atoms with Crippen LogP contribution in [0.15, 0.2) is 48.2 Å². The number of nitrogens with two attached hydrogens (primary N) is 1. The van der Waals surface area contributed by atoms with Crippen LogP contribution in [-0.4, -0.2) is 32.5 Å². The second-order valence-electron chi connectivity index (χ2n) is 7.35. The zero-order valence-corrected chi connectivity index (χ0v) is 17.5. The van der Waals surface area contributed by atoms with Gasteiger partial charge in [-0.15, -0.1) is 0 Å².